The van der Waals surface area contributed by atoms with E-state index in [0.29, 0.717) is 13.2 Å². The fourth-order valence-corrected chi connectivity index (χ4v) is 3.44. The molecule has 0 heterocycles. The van der Waals surface area contributed by atoms with E-state index in [0.717, 1.165) is 6.42 Å². The molecule has 86 valence electrons. The zero-order valence-corrected chi connectivity index (χ0v) is 10.4. The minimum atomic E-state index is -2.66. The highest BCUT2D eigenvalue weighted by atomic mass is 28.4. The van der Waals surface area contributed by atoms with E-state index in [1.54, 1.807) is 21.3 Å². The highest BCUT2D eigenvalue weighted by molar-refractivity contribution is 6.62. The van der Waals surface area contributed by atoms with Crippen molar-refractivity contribution in [3.8, 4) is 0 Å². The molecule has 1 atom stereocenters. The molecule has 0 bridgehead atoms. The maximum absolute atomic E-state index is 5.54. The maximum Gasteiger partial charge on any atom is 0.530 e. The number of hydrogen-bond acceptors (Lipinski definition) is 5. The molecule has 6 heteroatoms. The predicted molar refractivity (Wildman–Crippen MR) is 55.9 cm³/mol. The Bertz CT molecular complexity index is 135. The smallest absolute Gasteiger partial charge is 0.375 e. The normalized spacial score (nSPS) is 14.4. The first kappa shape index (κ1) is 14.0. The van der Waals surface area contributed by atoms with Gasteiger partial charge in [-0.3, -0.25) is 0 Å². The second kappa shape index (κ2) is 7.33. The third-order valence-corrected chi connectivity index (χ3v) is 5.13. The Morgan fingerprint density at radius 1 is 1.14 bits per heavy atom. The Hall–Kier alpha value is 0.0169. The topological polar surface area (TPSA) is 62.9 Å². The van der Waals surface area contributed by atoms with E-state index in [1.165, 1.54) is 0 Å². The standard InChI is InChI=1S/C8H21NO4Si/c1-5-8(13-7-6-9)14(10-2,11-3)12-4/h8H,5-7,9H2,1-4H3. The molecule has 0 fully saturated rings. The molecule has 0 saturated heterocycles. The van der Waals surface area contributed by atoms with Crippen LogP contribution in [0.25, 0.3) is 0 Å². The predicted octanol–water partition coefficient (Wildman–Crippen LogP) is 0.158. The molecule has 0 aliphatic heterocycles. The van der Waals surface area contributed by atoms with Crippen molar-refractivity contribution < 1.29 is 18.0 Å². The summed E-state index contributed by atoms with van der Waals surface area (Å²) >= 11 is 0. The molecular weight excluding hydrogens is 202 g/mol. The average molecular weight is 223 g/mol. The van der Waals surface area contributed by atoms with Crippen LogP contribution in [0, 0.1) is 0 Å². The van der Waals surface area contributed by atoms with Crippen LogP contribution in [0.1, 0.15) is 13.3 Å². The summed E-state index contributed by atoms with van der Waals surface area (Å²) < 4.78 is 21.5. The van der Waals surface area contributed by atoms with Crippen molar-refractivity contribution in [2.75, 3.05) is 34.5 Å². The van der Waals surface area contributed by atoms with Gasteiger partial charge in [0.1, 0.15) is 5.73 Å². The second-order valence-corrected chi connectivity index (χ2v) is 5.85. The lowest BCUT2D eigenvalue weighted by atomic mass is 10.5. The maximum atomic E-state index is 5.54. The van der Waals surface area contributed by atoms with Gasteiger partial charge in [0.25, 0.3) is 0 Å². The summed E-state index contributed by atoms with van der Waals surface area (Å²) in [5, 5.41) is 0. The average Bonchev–Trinajstić information content (AvgIpc) is 2.25. The summed E-state index contributed by atoms with van der Waals surface area (Å²) in [6.45, 7) is 2.97. The molecule has 0 aromatic rings. The van der Waals surface area contributed by atoms with Crippen molar-refractivity contribution in [2.45, 2.75) is 19.1 Å². The first-order valence-electron chi connectivity index (χ1n) is 4.67. The van der Waals surface area contributed by atoms with Gasteiger partial charge in [-0.1, -0.05) is 6.92 Å². The van der Waals surface area contributed by atoms with Gasteiger partial charge >= 0.3 is 8.80 Å². The minimum Gasteiger partial charge on any atom is -0.375 e. The van der Waals surface area contributed by atoms with E-state index in [9.17, 15) is 0 Å². The summed E-state index contributed by atoms with van der Waals surface area (Å²) in [5.41, 5.74) is 5.22. The summed E-state index contributed by atoms with van der Waals surface area (Å²) in [6, 6.07) is 0. The van der Waals surface area contributed by atoms with Crippen molar-refractivity contribution in [3.05, 3.63) is 0 Å². The van der Waals surface area contributed by atoms with Gasteiger partial charge in [0.05, 0.1) is 6.61 Å². The quantitative estimate of drug-likeness (QED) is 0.594. The molecule has 5 nitrogen and oxygen atoms in total. The van der Waals surface area contributed by atoms with Crippen molar-refractivity contribution in [3.63, 3.8) is 0 Å². The first-order valence-corrected chi connectivity index (χ1v) is 6.48. The molecule has 0 saturated carbocycles. The first-order chi connectivity index (χ1) is 6.70. The Labute approximate surface area is 86.8 Å². The van der Waals surface area contributed by atoms with Gasteiger partial charge in [-0.15, -0.1) is 0 Å². The largest absolute Gasteiger partial charge is 0.530 e. The van der Waals surface area contributed by atoms with Crippen molar-refractivity contribution >= 4 is 8.80 Å². The molecule has 0 aromatic carbocycles. The van der Waals surface area contributed by atoms with E-state index < -0.39 is 8.80 Å². The van der Waals surface area contributed by atoms with E-state index in [2.05, 4.69) is 0 Å². The minimum absolute atomic E-state index is 0.147. The molecule has 0 aromatic heterocycles. The molecular formula is C8H21NO4Si. The molecule has 0 aliphatic rings. The van der Waals surface area contributed by atoms with Crippen LogP contribution in [0.5, 0.6) is 0 Å². The lowest BCUT2D eigenvalue weighted by Crippen LogP contribution is -2.55. The van der Waals surface area contributed by atoms with Gasteiger partial charge < -0.3 is 23.7 Å². The van der Waals surface area contributed by atoms with Gasteiger partial charge in [-0.25, -0.2) is 0 Å². The van der Waals surface area contributed by atoms with Crippen LogP contribution in [0.15, 0.2) is 0 Å². The van der Waals surface area contributed by atoms with Crippen LogP contribution in [0.3, 0.4) is 0 Å². The fourth-order valence-electron chi connectivity index (χ4n) is 1.32. The number of rotatable bonds is 8. The Balaban J connectivity index is 4.40. The van der Waals surface area contributed by atoms with Gasteiger partial charge in [-0.2, -0.15) is 0 Å². The zero-order valence-electron chi connectivity index (χ0n) is 9.41. The molecule has 2 N–H and O–H groups in total. The van der Waals surface area contributed by atoms with Crippen molar-refractivity contribution in [1.29, 1.82) is 0 Å². The van der Waals surface area contributed by atoms with Crippen LogP contribution >= 0.6 is 0 Å². The SMILES string of the molecule is CCC(OCCN)[Si](OC)(OC)OC. The van der Waals surface area contributed by atoms with Gasteiger partial charge in [0.15, 0.2) is 0 Å². The van der Waals surface area contributed by atoms with Crippen molar-refractivity contribution in [2.24, 2.45) is 5.73 Å². The zero-order chi connectivity index (χ0) is 11.0. The van der Waals surface area contributed by atoms with Gasteiger partial charge in [-0.05, 0) is 6.42 Å². The van der Waals surface area contributed by atoms with Crippen molar-refractivity contribution in [1.82, 2.24) is 0 Å². The van der Waals surface area contributed by atoms with E-state index in [1.807, 2.05) is 6.92 Å². The van der Waals surface area contributed by atoms with E-state index in [4.69, 9.17) is 23.7 Å². The number of ether oxygens (including phenoxy) is 1. The molecule has 0 spiro atoms. The number of nitrogens with two attached hydrogens (primary N) is 1. The summed E-state index contributed by atoms with van der Waals surface area (Å²) in [6.07, 6.45) is 0.780. The van der Waals surface area contributed by atoms with Crippen LogP contribution in [-0.4, -0.2) is 49.0 Å². The van der Waals surface area contributed by atoms with E-state index >= 15 is 0 Å². The van der Waals surface area contributed by atoms with Gasteiger partial charge in [0.2, 0.25) is 0 Å². The Morgan fingerprint density at radius 3 is 1.93 bits per heavy atom. The monoisotopic (exact) mass is 223 g/mol. The highest BCUT2D eigenvalue weighted by Crippen LogP contribution is 2.17. The molecule has 0 rings (SSSR count). The van der Waals surface area contributed by atoms with Crippen LogP contribution in [0.4, 0.5) is 0 Å². The Kier molecular flexibility index (Phi) is 7.34. The molecule has 0 aliphatic carbocycles. The molecule has 0 radical (unpaired) electrons. The second-order valence-electron chi connectivity index (χ2n) is 2.77. The van der Waals surface area contributed by atoms with Crippen LogP contribution in [-0.2, 0) is 18.0 Å². The summed E-state index contributed by atoms with van der Waals surface area (Å²) in [4.78, 5) is 0. The lowest BCUT2D eigenvalue weighted by Gasteiger charge is -2.31. The van der Waals surface area contributed by atoms with Crippen LogP contribution < -0.4 is 5.73 Å². The molecule has 0 amide bonds. The lowest BCUT2D eigenvalue weighted by molar-refractivity contribution is 0.0144. The molecule has 1 unspecified atom stereocenters. The highest BCUT2D eigenvalue weighted by Gasteiger charge is 2.47. The fraction of sp³-hybridized carbons (Fsp3) is 1.00. The van der Waals surface area contributed by atoms with E-state index in [-0.39, 0.29) is 5.73 Å². The summed E-state index contributed by atoms with van der Waals surface area (Å²) in [7, 11) is 2.07. The third kappa shape index (κ3) is 3.30. The third-order valence-electron chi connectivity index (χ3n) is 2.06. The summed E-state index contributed by atoms with van der Waals surface area (Å²) in [5.74, 6) is 0. The Morgan fingerprint density at radius 2 is 1.64 bits per heavy atom. The van der Waals surface area contributed by atoms with Gasteiger partial charge in [0, 0.05) is 27.9 Å². The molecule has 14 heavy (non-hydrogen) atoms. The van der Waals surface area contributed by atoms with Crippen LogP contribution in [0.2, 0.25) is 0 Å². The number of hydrogen-bond donors (Lipinski definition) is 1.